The molecule has 8 rings (SSSR count). The second kappa shape index (κ2) is 9.35. The molecule has 196 valence electrons. The molecule has 0 unspecified atom stereocenters. The van der Waals surface area contributed by atoms with E-state index in [4.69, 9.17) is 0 Å². The topological polar surface area (TPSA) is 3.24 Å². The third-order valence-corrected chi connectivity index (χ3v) is 8.99. The van der Waals surface area contributed by atoms with Gasteiger partial charge in [0.05, 0.1) is 0 Å². The van der Waals surface area contributed by atoms with Crippen LogP contribution in [0.2, 0.25) is 0 Å². The summed E-state index contributed by atoms with van der Waals surface area (Å²) in [6, 6.07) is 47.4. The maximum atomic E-state index is 2.43. The van der Waals surface area contributed by atoms with Crippen molar-refractivity contribution in [3.63, 3.8) is 0 Å². The Kier molecular flexibility index (Phi) is 5.47. The highest BCUT2D eigenvalue weighted by molar-refractivity contribution is 6.23. The van der Waals surface area contributed by atoms with Gasteiger partial charge in [-0.1, -0.05) is 121 Å². The zero-order chi connectivity index (χ0) is 27.5. The monoisotopic (exact) mass is 525 g/mol. The summed E-state index contributed by atoms with van der Waals surface area (Å²) in [6.07, 6.45) is 2.12. The fourth-order valence-corrected chi connectivity index (χ4v) is 7.03. The van der Waals surface area contributed by atoms with Crippen molar-refractivity contribution in [3.05, 3.63) is 144 Å². The standard InChI is InChI=1S/C40H31N/c1-26-18-23-35-36(24-26)39(30-22-21-29-20-19-28-11-4-8-17-37(28)41(2)38(29)25-30)33-14-6-7-15-34(33)40(35)32-16-9-12-27-10-3-5-13-31(27)32/h3-18,21-25H,19-20H2,1-2H3. The first-order valence-corrected chi connectivity index (χ1v) is 14.6. The van der Waals surface area contributed by atoms with E-state index in [1.165, 1.54) is 82.6 Å². The number of fused-ring (bicyclic) bond motifs is 5. The first kappa shape index (κ1) is 24.0. The molecule has 0 saturated carbocycles. The lowest BCUT2D eigenvalue weighted by atomic mass is 9.84. The van der Waals surface area contributed by atoms with Gasteiger partial charge in [-0.3, -0.25) is 0 Å². The molecule has 0 spiro atoms. The van der Waals surface area contributed by atoms with Crippen LogP contribution in [-0.2, 0) is 12.8 Å². The highest BCUT2D eigenvalue weighted by Crippen LogP contribution is 2.47. The Morgan fingerprint density at radius 1 is 0.488 bits per heavy atom. The Hall–Kier alpha value is -4.88. The molecule has 7 aromatic rings. The average molecular weight is 526 g/mol. The Labute approximate surface area is 241 Å². The number of rotatable bonds is 2. The predicted octanol–water partition coefficient (Wildman–Crippen LogP) is 10.7. The lowest BCUT2D eigenvalue weighted by Gasteiger charge is -2.24. The molecule has 0 N–H and O–H groups in total. The van der Waals surface area contributed by atoms with Crippen LogP contribution in [0.15, 0.2) is 127 Å². The quantitative estimate of drug-likeness (QED) is 0.203. The van der Waals surface area contributed by atoms with Crippen LogP contribution in [0.25, 0.3) is 54.6 Å². The molecule has 0 radical (unpaired) electrons. The van der Waals surface area contributed by atoms with Gasteiger partial charge in [-0.15, -0.1) is 0 Å². The van der Waals surface area contributed by atoms with Crippen molar-refractivity contribution < 1.29 is 0 Å². The molecule has 1 heterocycles. The normalized spacial score (nSPS) is 12.9. The van der Waals surface area contributed by atoms with E-state index < -0.39 is 0 Å². The molecule has 1 aliphatic rings. The minimum atomic E-state index is 1.05. The van der Waals surface area contributed by atoms with Gasteiger partial charge in [0.15, 0.2) is 0 Å². The zero-order valence-electron chi connectivity index (χ0n) is 23.5. The molecule has 0 saturated heterocycles. The molecular weight excluding hydrogens is 494 g/mol. The van der Waals surface area contributed by atoms with E-state index in [1.54, 1.807) is 0 Å². The van der Waals surface area contributed by atoms with Crippen LogP contribution < -0.4 is 4.90 Å². The van der Waals surface area contributed by atoms with Crippen molar-refractivity contribution in [3.8, 4) is 22.3 Å². The Bertz CT molecular complexity index is 2130. The van der Waals surface area contributed by atoms with E-state index in [1.807, 2.05) is 0 Å². The van der Waals surface area contributed by atoms with Gasteiger partial charge in [0.1, 0.15) is 0 Å². The predicted molar refractivity (Wildman–Crippen MR) is 176 cm³/mol. The van der Waals surface area contributed by atoms with Crippen molar-refractivity contribution in [1.82, 2.24) is 0 Å². The van der Waals surface area contributed by atoms with Crippen LogP contribution in [0.4, 0.5) is 11.4 Å². The van der Waals surface area contributed by atoms with Crippen molar-refractivity contribution >= 4 is 43.7 Å². The lowest BCUT2D eigenvalue weighted by Crippen LogP contribution is -2.11. The van der Waals surface area contributed by atoms with Crippen molar-refractivity contribution in [2.24, 2.45) is 0 Å². The largest absolute Gasteiger partial charge is 0.344 e. The third-order valence-electron chi connectivity index (χ3n) is 8.99. The number of hydrogen-bond donors (Lipinski definition) is 0. The maximum Gasteiger partial charge on any atom is 0.0447 e. The van der Waals surface area contributed by atoms with Crippen LogP contribution >= 0.6 is 0 Å². The van der Waals surface area contributed by atoms with Gasteiger partial charge in [0.25, 0.3) is 0 Å². The summed E-state index contributed by atoms with van der Waals surface area (Å²) in [4.78, 5) is 2.39. The van der Waals surface area contributed by atoms with Gasteiger partial charge in [-0.25, -0.2) is 0 Å². The molecular formula is C40H31N. The summed E-state index contributed by atoms with van der Waals surface area (Å²) < 4.78 is 0. The van der Waals surface area contributed by atoms with Crippen LogP contribution in [-0.4, -0.2) is 7.05 Å². The fraction of sp³-hybridized carbons (Fsp3) is 0.100. The first-order valence-electron chi connectivity index (χ1n) is 14.6. The van der Waals surface area contributed by atoms with E-state index >= 15 is 0 Å². The smallest absolute Gasteiger partial charge is 0.0447 e. The van der Waals surface area contributed by atoms with Gasteiger partial charge in [0, 0.05) is 18.4 Å². The summed E-state index contributed by atoms with van der Waals surface area (Å²) in [5.74, 6) is 0. The molecule has 1 aliphatic heterocycles. The fourth-order valence-electron chi connectivity index (χ4n) is 7.03. The van der Waals surface area contributed by atoms with Gasteiger partial charge in [-0.2, -0.15) is 0 Å². The Balaban J connectivity index is 1.45. The minimum Gasteiger partial charge on any atom is -0.344 e. The second-order valence-corrected chi connectivity index (χ2v) is 11.4. The number of anilines is 2. The molecule has 0 fully saturated rings. The number of nitrogens with zero attached hydrogens (tertiary/aromatic N) is 1. The molecule has 7 aromatic carbocycles. The van der Waals surface area contributed by atoms with E-state index in [-0.39, 0.29) is 0 Å². The van der Waals surface area contributed by atoms with Gasteiger partial charge >= 0.3 is 0 Å². The summed E-state index contributed by atoms with van der Waals surface area (Å²) in [5.41, 5.74) is 11.9. The lowest BCUT2D eigenvalue weighted by molar-refractivity contribution is 0.978. The van der Waals surface area contributed by atoms with Gasteiger partial charge in [0.2, 0.25) is 0 Å². The molecule has 41 heavy (non-hydrogen) atoms. The van der Waals surface area contributed by atoms with Gasteiger partial charge in [-0.05, 0) is 97.6 Å². The Morgan fingerprint density at radius 3 is 2.00 bits per heavy atom. The van der Waals surface area contributed by atoms with Crippen LogP contribution in [0.1, 0.15) is 16.7 Å². The minimum absolute atomic E-state index is 1.05. The van der Waals surface area contributed by atoms with E-state index in [2.05, 4.69) is 146 Å². The molecule has 0 aromatic heterocycles. The van der Waals surface area contributed by atoms with E-state index in [0.717, 1.165) is 12.8 Å². The molecule has 0 bridgehead atoms. The zero-order valence-corrected chi connectivity index (χ0v) is 23.5. The van der Waals surface area contributed by atoms with Crippen molar-refractivity contribution in [2.75, 3.05) is 11.9 Å². The highest BCUT2D eigenvalue weighted by Gasteiger charge is 2.21. The van der Waals surface area contributed by atoms with Crippen molar-refractivity contribution in [2.45, 2.75) is 19.8 Å². The van der Waals surface area contributed by atoms with Crippen LogP contribution in [0.5, 0.6) is 0 Å². The summed E-state index contributed by atoms with van der Waals surface area (Å²) in [6.45, 7) is 2.21. The molecule has 1 heteroatoms. The first-order chi connectivity index (χ1) is 20.2. The Morgan fingerprint density at radius 2 is 1.15 bits per heavy atom. The van der Waals surface area contributed by atoms with Crippen molar-refractivity contribution in [1.29, 1.82) is 0 Å². The van der Waals surface area contributed by atoms with E-state index in [9.17, 15) is 0 Å². The maximum absolute atomic E-state index is 2.43. The average Bonchev–Trinajstić information content (AvgIpc) is 3.16. The van der Waals surface area contributed by atoms with E-state index in [0.29, 0.717) is 0 Å². The molecule has 0 aliphatic carbocycles. The highest BCUT2D eigenvalue weighted by atomic mass is 15.1. The number of para-hydroxylation sites is 1. The van der Waals surface area contributed by atoms with Crippen LogP contribution in [0, 0.1) is 6.92 Å². The summed E-state index contributed by atoms with van der Waals surface area (Å²) in [7, 11) is 2.22. The van der Waals surface area contributed by atoms with Gasteiger partial charge < -0.3 is 4.90 Å². The summed E-state index contributed by atoms with van der Waals surface area (Å²) in [5, 5.41) is 7.76. The summed E-state index contributed by atoms with van der Waals surface area (Å²) >= 11 is 0. The number of benzene rings is 7. The van der Waals surface area contributed by atoms with Crippen LogP contribution in [0.3, 0.4) is 0 Å². The molecule has 1 nitrogen and oxygen atoms in total. The number of aryl methyl sites for hydroxylation is 3. The molecule has 0 atom stereocenters. The third kappa shape index (κ3) is 3.77. The SMILES string of the molecule is Cc1ccc2c(-c3cccc4ccccc34)c3ccccc3c(-c3ccc4c(c3)N(C)c3ccccc3CC4)c2c1. The molecule has 0 amide bonds. The second-order valence-electron chi connectivity index (χ2n) is 11.4. The number of hydrogen-bond acceptors (Lipinski definition) is 1.